The molecule has 1 atom stereocenters. The van der Waals surface area contributed by atoms with Gasteiger partial charge in [0.15, 0.2) is 0 Å². The lowest BCUT2D eigenvalue weighted by Crippen LogP contribution is -2.57. The normalized spacial score (nSPS) is 19.5. The summed E-state index contributed by atoms with van der Waals surface area (Å²) >= 11 is 5.71. The number of amides is 2. The van der Waals surface area contributed by atoms with E-state index in [0.717, 1.165) is 0 Å². The van der Waals surface area contributed by atoms with Gasteiger partial charge in [-0.25, -0.2) is 4.39 Å². The van der Waals surface area contributed by atoms with Crippen molar-refractivity contribution in [1.29, 1.82) is 0 Å². The van der Waals surface area contributed by atoms with Crippen molar-refractivity contribution in [1.82, 2.24) is 10.2 Å². The van der Waals surface area contributed by atoms with Crippen LogP contribution in [0.4, 0.5) is 4.39 Å². The van der Waals surface area contributed by atoms with Crippen LogP contribution in [-0.2, 0) is 16.1 Å². The Morgan fingerprint density at radius 1 is 1.47 bits per heavy atom. The second-order valence-corrected chi connectivity index (χ2v) is 4.78. The molecule has 1 aliphatic rings. The van der Waals surface area contributed by atoms with Gasteiger partial charge in [-0.05, 0) is 12.5 Å². The standard InChI is InChI=1S/C13H14ClFN2O2/c1-2-10-13(19)16-6-11(18)17(10)7-8-4-3-5-9(14)12(8)15/h3-5,10H,2,6-7H2,1H3,(H,16,19). The first-order valence-corrected chi connectivity index (χ1v) is 6.42. The highest BCUT2D eigenvalue weighted by molar-refractivity contribution is 6.30. The van der Waals surface area contributed by atoms with Gasteiger partial charge in [0.1, 0.15) is 11.9 Å². The van der Waals surface area contributed by atoms with Crippen LogP contribution < -0.4 is 5.32 Å². The van der Waals surface area contributed by atoms with Gasteiger partial charge in [-0.3, -0.25) is 9.59 Å². The highest BCUT2D eigenvalue weighted by atomic mass is 35.5. The van der Waals surface area contributed by atoms with Gasteiger partial charge in [0.05, 0.1) is 11.6 Å². The fraction of sp³-hybridized carbons (Fsp3) is 0.385. The van der Waals surface area contributed by atoms with E-state index in [9.17, 15) is 14.0 Å². The summed E-state index contributed by atoms with van der Waals surface area (Å²) in [5.74, 6) is -0.965. The zero-order valence-corrected chi connectivity index (χ0v) is 11.2. The summed E-state index contributed by atoms with van der Waals surface area (Å²) in [4.78, 5) is 25.0. The Labute approximate surface area is 115 Å². The Hall–Kier alpha value is -1.62. The minimum Gasteiger partial charge on any atom is -0.345 e. The van der Waals surface area contributed by atoms with Crippen LogP contribution in [0.2, 0.25) is 5.02 Å². The van der Waals surface area contributed by atoms with Crippen LogP contribution in [0.15, 0.2) is 18.2 Å². The van der Waals surface area contributed by atoms with Gasteiger partial charge in [0.2, 0.25) is 11.8 Å². The molecule has 0 radical (unpaired) electrons. The van der Waals surface area contributed by atoms with Crippen molar-refractivity contribution in [3.05, 3.63) is 34.6 Å². The number of benzene rings is 1. The largest absolute Gasteiger partial charge is 0.345 e. The monoisotopic (exact) mass is 284 g/mol. The molecule has 102 valence electrons. The summed E-state index contributed by atoms with van der Waals surface area (Å²) in [6.45, 7) is 1.82. The summed E-state index contributed by atoms with van der Waals surface area (Å²) in [5, 5.41) is 2.54. The van der Waals surface area contributed by atoms with Crippen LogP contribution >= 0.6 is 11.6 Å². The zero-order valence-electron chi connectivity index (χ0n) is 10.5. The first kappa shape index (κ1) is 13.8. The third kappa shape index (κ3) is 2.71. The Morgan fingerprint density at radius 3 is 2.89 bits per heavy atom. The number of carbonyl (C=O) groups is 2. The molecule has 0 spiro atoms. The van der Waals surface area contributed by atoms with Gasteiger partial charge in [0, 0.05) is 12.1 Å². The van der Waals surface area contributed by atoms with Crippen LogP contribution in [0.25, 0.3) is 0 Å². The number of nitrogens with zero attached hydrogens (tertiary/aromatic N) is 1. The number of halogens is 2. The summed E-state index contributed by atoms with van der Waals surface area (Å²) in [6, 6.07) is 4.08. The highest BCUT2D eigenvalue weighted by Gasteiger charge is 2.33. The molecule has 1 saturated heterocycles. The lowest BCUT2D eigenvalue weighted by molar-refractivity contribution is -0.146. The quantitative estimate of drug-likeness (QED) is 0.919. The van der Waals surface area contributed by atoms with Crippen molar-refractivity contribution >= 4 is 23.4 Å². The zero-order chi connectivity index (χ0) is 14.0. The van der Waals surface area contributed by atoms with Crippen LogP contribution in [0, 0.1) is 5.82 Å². The molecule has 6 heteroatoms. The number of rotatable bonds is 3. The Kier molecular flexibility index (Phi) is 4.04. The maximum absolute atomic E-state index is 13.8. The Morgan fingerprint density at radius 2 is 2.21 bits per heavy atom. The lowest BCUT2D eigenvalue weighted by atomic mass is 10.1. The van der Waals surface area contributed by atoms with E-state index in [1.165, 1.54) is 11.0 Å². The first-order chi connectivity index (χ1) is 9.04. The molecule has 2 rings (SSSR count). The van der Waals surface area contributed by atoms with E-state index in [2.05, 4.69) is 5.32 Å². The molecule has 0 bridgehead atoms. The third-order valence-corrected chi connectivity index (χ3v) is 3.46. The Balaban J connectivity index is 2.26. The van der Waals surface area contributed by atoms with E-state index < -0.39 is 11.9 Å². The van der Waals surface area contributed by atoms with Gasteiger partial charge in [-0.1, -0.05) is 30.7 Å². The van der Waals surface area contributed by atoms with Gasteiger partial charge in [0.25, 0.3) is 0 Å². The number of piperazine rings is 1. The molecular formula is C13H14ClFN2O2. The SMILES string of the molecule is CCC1C(=O)NCC(=O)N1Cc1cccc(Cl)c1F. The second-order valence-electron chi connectivity index (χ2n) is 4.38. The average molecular weight is 285 g/mol. The van der Waals surface area contributed by atoms with Gasteiger partial charge in [-0.2, -0.15) is 0 Å². The minimum atomic E-state index is -0.556. The summed E-state index contributed by atoms with van der Waals surface area (Å²) in [7, 11) is 0. The molecule has 1 heterocycles. The average Bonchev–Trinajstić information content (AvgIpc) is 2.39. The molecule has 4 nitrogen and oxygen atoms in total. The van der Waals surface area contributed by atoms with Gasteiger partial charge >= 0.3 is 0 Å². The van der Waals surface area contributed by atoms with E-state index in [1.807, 2.05) is 6.92 Å². The van der Waals surface area contributed by atoms with E-state index in [4.69, 9.17) is 11.6 Å². The molecule has 1 fully saturated rings. The maximum Gasteiger partial charge on any atom is 0.243 e. The topological polar surface area (TPSA) is 49.4 Å². The van der Waals surface area contributed by atoms with E-state index in [0.29, 0.717) is 12.0 Å². The fourth-order valence-electron chi connectivity index (χ4n) is 2.16. The summed E-state index contributed by atoms with van der Waals surface area (Å²) in [6.07, 6.45) is 0.486. The van der Waals surface area contributed by atoms with Crippen molar-refractivity contribution in [2.75, 3.05) is 6.54 Å². The predicted octanol–water partition coefficient (Wildman–Crippen LogP) is 1.72. The van der Waals surface area contributed by atoms with Crippen molar-refractivity contribution < 1.29 is 14.0 Å². The number of nitrogens with one attached hydrogen (secondary N) is 1. The van der Waals surface area contributed by atoms with Crippen molar-refractivity contribution in [2.24, 2.45) is 0 Å². The van der Waals surface area contributed by atoms with Crippen LogP contribution in [0.1, 0.15) is 18.9 Å². The van der Waals surface area contributed by atoms with Crippen molar-refractivity contribution in [3.8, 4) is 0 Å². The van der Waals surface area contributed by atoms with Crippen molar-refractivity contribution in [3.63, 3.8) is 0 Å². The van der Waals surface area contributed by atoms with E-state index >= 15 is 0 Å². The van der Waals surface area contributed by atoms with Crippen LogP contribution in [0.5, 0.6) is 0 Å². The molecule has 2 amide bonds. The Bertz CT molecular complexity index is 521. The molecule has 0 aliphatic carbocycles. The van der Waals surface area contributed by atoms with Crippen molar-refractivity contribution in [2.45, 2.75) is 25.9 Å². The smallest absolute Gasteiger partial charge is 0.243 e. The molecule has 0 saturated carbocycles. The molecule has 1 aromatic rings. The third-order valence-electron chi connectivity index (χ3n) is 3.17. The first-order valence-electron chi connectivity index (χ1n) is 6.04. The van der Waals surface area contributed by atoms with Gasteiger partial charge in [-0.15, -0.1) is 0 Å². The number of hydrogen-bond donors (Lipinski definition) is 1. The number of carbonyl (C=O) groups excluding carboxylic acids is 2. The summed E-state index contributed by atoms with van der Waals surface area (Å²) < 4.78 is 13.8. The molecule has 19 heavy (non-hydrogen) atoms. The second kappa shape index (κ2) is 5.57. The molecule has 1 aromatic carbocycles. The lowest BCUT2D eigenvalue weighted by Gasteiger charge is -2.34. The number of hydrogen-bond acceptors (Lipinski definition) is 2. The summed E-state index contributed by atoms with van der Waals surface area (Å²) in [5.41, 5.74) is 0.314. The molecular weight excluding hydrogens is 271 g/mol. The molecule has 1 N–H and O–H groups in total. The molecule has 1 unspecified atom stereocenters. The van der Waals surface area contributed by atoms with E-state index in [-0.39, 0.29) is 29.9 Å². The maximum atomic E-state index is 13.8. The van der Waals surface area contributed by atoms with Crippen LogP contribution in [-0.4, -0.2) is 29.3 Å². The predicted molar refractivity (Wildman–Crippen MR) is 69.0 cm³/mol. The minimum absolute atomic E-state index is 0.0134. The fourth-order valence-corrected chi connectivity index (χ4v) is 2.35. The molecule has 1 aliphatic heterocycles. The van der Waals surface area contributed by atoms with E-state index in [1.54, 1.807) is 12.1 Å². The van der Waals surface area contributed by atoms with Gasteiger partial charge < -0.3 is 10.2 Å². The van der Waals surface area contributed by atoms with Crippen LogP contribution in [0.3, 0.4) is 0 Å². The molecule has 0 aromatic heterocycles. The highest BCUT2D eigenvalue weighted by Crippen LogP contribution is 2.21.